The molecule has 0 spiro atoms. The Labute approximate surface area is 115 Å². The fourth-order valence-electron chi connectivity index (χ4n) is 1.18. The monoisotopic (exact) mass is 281 g/mol. The number of amides is 2. The van der Waals surface area contributed by atoms with E-state index >= 15 is 0 Å². The Balaban J connectivity index is 2.83. The fourth-order valence-corrected chi connectivity index (χ4v) is 1.52. The van der Waals surface area contributed by atoms with Gasteiger partial charge in [-0.15, -0.1) is 6.42 Å². The zero-order chi connectivity index (χ0) is 13.5. The van der Waals surface area contributed by atoms with E-state index < -0.39 is 6.03 Å². The third-order valence-electron chi connectivity index (χ3n) is 2.00. The second-order valence-electron chi connectivity index (χ2n) is 3.27. The standard InChI is InChI=1S/C12H9Cl2N3O/c1-2-6-17(7-5-15)12(18)16-11-8-9(13)3-4-10(11)14/h1,3-4,8H,6-7H2,(H,16,18). The minimum Gasteiger partial charge on any atom is -0.306 e. The van der Waals surface area contributed by atoms with Crippen LogP contribution in [0.1, 0.15) is 0 Å². The third kappa shape index (κ3) is 3.85. The number of hydrogen-bond donors (Lipinski definition) is 1. The maximum atomic E-state index is 11.8. The Hall–Kier alpha value is -1.88. The lowest BCUT2D eigenvalue weighted by Gasteiger charge is -2.17. The lowest BCUT2D eigenvalue weighted by Crippen LogP contribution is -2.35. The molecule has 1 N–H and O–H groups in total. The van der Waals surface area contributed by atoms with Crippen molar-refractivity contribution in [2.24, 2.45) is 0 Å². The van der Waals surface area contributed by atoms with Crippen LogP contribution in [-0.4, -0.2) is 24.0 Å². The molecule has 18 heavy (non-hydrogen) atoms. The second kappa shape index (κ2) is 6.76. The normalized spacial score (nSPS) is 9.11. The first-order valence-electron chi connectivity index (χ1n) is 4.90. The van der Waals surface area contributed by atoms with Gasteiger partial charge in [0.2, 0.25) is 0 Å². The number of urea groups is 1. The summed E-state index contributed by atoms with van der Waals surface area (Å²) in [7, 11) is 0. The van der Waals surface area contributed by atoms with Gasteiger partial charge in [-0.3, -0.25) is 0 Å². The van der Waals surface area contributed by atoms with Crippen LogP contribution in [0.25, 0.3) is 0 Å². The van der Waals surface area contributed by atoms with Crippen LogP contribution in [0.4, 0.5) is 10.5 Å². The van der Waals surface area contributed by atoms with Gasteiger partial charge in [0.15, 0.2) is 0 Å². The van der Waals surface area contributed by atoms with E-state index in [1.54, 1.807) is 12.1 Å². The number of hydrogen-bond acceptors (Lipinski definition) is 2. The number of anilines is 1. The van der Waals surface area contributed by atoms with E-state index in [-0.39, 0.29) is 13.1 Å². The molecule has 0 aromatic heterocycles. The van der Waals surface area contributed by atoms with Crippen LogP contribution in [0.5, 0.6) is 0 Å². The zero-order valence-corrected chi connectivity index (χ0v) is 10.8. The number of rotatable bonds is 3. The van der Waals surface area contributed by atoms with Gasteiger partial charge in [0.05, 0.1) is 23.3 Å². The molecule has 0 atom stereocenters. The average Bonchev–Trinajstić information content (AvgIpc) is 2.33. The first kappa shape index (κ1) is 14.2. The molecule has 4 nitrogen and oxygen atoms in total. The number of nitrogens with one attached hydrogen (secondary N) is 1. The summed E-state index contributed by atoms with van der Waals surface area (Å²) < 4.78 is 0. The molecule has 0 aliphatic carbocycles. The molecule has 0 bridgehead atoms. The number of terminal acetylenes is 1. The first-order chi connectivity index (χ1) is 8.58. The number of benzene rings is 1. The molecule has 1 aromatic rings. The van der Waals surface area contributed by atoms with Crippen molar-refractivity contribution in [3.63, 3.8) is 0 Å². The van der Waals surface area contributed by atoms with E-state index in [4.69, 9.17) is 34.9 Å². The van der Waals surface area contributed by atoms with Crippen molar-refractivity contribution < 1.29 is 4.79 Å². The smallest absolute Gasteiger partial charge is 0.306 e. The molecule has 0 radical (unpaired) electrons. The Morgan fingerprint density at radius 2 is 2.17 bits per heavy atom. The summed E-state index contributed by atoms with van der Waals surface area (Å²) >= 11 is 11.7. The Morgan fingerprint density at radius 3 is 2.78 bits per heavy atom. The fraction of sp³-hybridized carbons (Fsp3) is 0.167. The minimum atomic E-state index is -0.501. The Morgan fingerprint density at radius 1 is 1.44 bits per heavy atom. The van der Waals surface area contributed by atoms with Crippen LogP contribution in [-0.2, 0) is 0 Å². The third-order valence-corrected chi connectivity index (χ3v) is 2.57. The summed E-state index contributed by atoms with van der Waals surface area (Å²) in [5.74, 6) is 2.30. The lowest BCUT2D eigenvalue weighted by molar-refractivity contribution is 0.223. The van der Waals surface area contributed by atoms with Gasteiger partial charge in [0.25, 0.3) is 0 Å². The molecule has 0 aliphatic heterocycles. The van der Waals surface area contributed by atoms with E-state index in [0.29, 0.717) is 15.7 Å². The molecule has 1 rings (SSSR count). The van der Waals surface area contributed by atoms with E-state index in [1.165, 1.54) is 11.0 Å². The lowest BCUT2D eigenvalue weighted by atomic mass is 10.3. The van der Waals surface area contributed by atoms with Crippen LogP contribution >= 0.6 is 23.2 Å². The Bertz CT molecular complexity index is 515. The van der Waals surface area contributed by atoms with Gasteiger partial charge in [0, 0.05) is 5.02 Å². The highest BCUT2D eigenvalue weighted by molar-refractivity contribution is 6.35. The summed E-state index contributed by atoms with van der Waals surface area (Å²) in [5.41, 5.74) is 0.370. The van der Waals surface area contributed by atoms with Crippen LogP contribution in [0.2, 0.25) is 10.0 Å². The molecule has 92 valence electrons. The second-order valence-corrected chi connectivity index (χ2v) is 4.12. The van der Waals surface area contributed by atoms with E-state index in [1.807, 2.05) is 6.07 Å². The van der Waals surface area contributed by atoms with Crippen molar-refractivity contribution in [1.29, 1.82) is 5.26 Å². The van der Waals surface area contributed by atoms with Crippen LogP contribution in [0, 0.1) is 23.7 Å². The molecule has 0 aliphatic rings. The Kier molecular flexibility index (Phi) is 5.32. The maximum Gasteiger partial charge on any atom is 0.323 e. The predicted molar refractivity (Wildman–Crippen MR) is 71.5 cm³/mol. The molecule has 1 aromatic carbocycles. The van der Waals surface area contributed by atoms with Gasteiger partial charge in [-0.05, 0) is 18.2 Å². The molecule has 0 saturated carbocycles. The van der Waals surface area contributed by atoms with E-state index in [9.17, 15) is 4.79 Å². The van der Waals surface area contributed by atoms with Crippen LogP contribution < -0.4 is 5.32 Å². The number of carbonyl (C=O) groups is 1. The van der Waals surface area contributed by atoms with E-state index in [0.717, 1.165) is 0 Å². The minimum absolute atomic E-state index is 0.0393. The SMILES string of the molecule is C#CCN(CC#N)C(=O)Nc1cc(Cl)ccc1Cl. The summed E-state index contributed by atoms with van der Waals surface area (Å²) in [6, 6.07) is 6.04. The van der Waals surface area contributed by atoms with Gasteiger partial charge in [-0.1, -0.05) is 29.1 Å². The van der Waals surface area contributed by atoms with Crippen molar-refractivity contribution in [3.8, 4) is 18.4 Å². The highest BCUT2D eigenvalue weighted by Gasteiger charge is 2.13. The van der Waals surface area contributed by atoms with Gasteiger partial charge < -0.3 is 10.2 Å². The van der Waals surface area contributed by atoms with Gasteiger partial charge in [0.1, 0.15) is 6.54 Å². The van der Waals surface area contributed by atoms with Crippen molar-refractivity contribution in [1.82, 2.24) is 4.90 Å². The van der Waals surface area contributed by atoms with E-state index in [2.05, 4.69) is 11.2 Å². The van der Waals surface area contributed by atoms with Crippen LogP contribution in [0.3, 0.4) is 0 Å². The van der Waals surface area contributed by atoms with Crippen molar-refractivity contribution >= 4 is 34.9 Å². The molecular weight excluding hydrogens is 273 g/mol. The highest BCUT2D eigenvalue weighted by Crippen LogP contribution is 2.25. The molecule has 0 saturated heterocycles. The van der Waals surface area contributed by atoms with Gasteiger partial charge in [-0.25, -0.2) is 4.79 Å². The number of nitrogens with zero attached hydrogens (tertiary/aromatic N) is 2. The highest BCUT2D eigenvalue weighted by atomic mass is 35.5. The maximum absolute atomic E-state index is 11.8. The molecule has 0 heterocycles. The van der Waals surface area contributed by atoms with Crippen molar-refractivity contribution in [2.45, 2.75) is 0 Å². The van der Waals surface area contributed by atoms with Crippen molar-refractivity contribution in [2.75, 3.05) is 18.4 Å². The predicted octanol–water partition coefficient (Wildman–Crippen LogP) is 2.98. The number of nitriles is 1. The summed E-state index contributed by atoms with van der Waals surface area (Å²) in [6.45, 7) is -0.0637. The molecule has 6 heteroatoms. The first-order valence-corrected chi connectivity index (χ1v) is 5.65. The summed E-state index contributed by atoms with van der Waals surface area (Å²) in [6.07, 6.45) is 5.12. The molecular formula is C12H9Cl2N3O. The number of halogens is 2. The zero-order valence-electron chi connectivity index (χ0n) is 9.28. The van der Waals surface area contributed by atoms with Gasteiger partial charge in [-0.2, -0.15) is 5.26 Å². The molecule has 0 fully saturated rings. The number of carbonyl (C=O) groups excluding carboxylic acids is 1. The molecule has 2 amide bonds. The average molecular weight is 282 g/mol. The van der Waals surface area contributed by atoms with Crippen molar-refractivity contribution in [3.05, 3.63) is 28.2 Å². The topological polar surface area (TPSA) is 56.1 Å². The largest absolute Gasteiger partial charge is 0.323 e. The molecule has 0 unspecified atom stereocenters. The quantitative estimate of drug-likeness (QED) is 0.684. The summed E-state index contributed by atoms with van der Waals surface area (Å²) in [4.78, 5) is 13.0. The van der Waals surface area contributed by atoms with Crippen LogP contribution in [0.15, 0.2) is 18.2 Å². The summed E-state index contributed by atoms with van der Waals surface area (Å²) in [5, 5.41) is 11.9. The van der Waals surface area contributed by atoms with Gasteiger partial charge >= 0.3 is 6.03 Å².